The van der Waals surface area contributed by atoms with Crippen molar-refractivity contribution in [1.29, 1.82) is 0 Å². The smallest absolute Gasteiger partial charge is 0.255 e. The Labute approximate surface area is 101 Å². The van der Waals surface area contributed by atoms with Crippen LogP contribution in [0.1, 0.15) is 12.0 Å². The highest BCUT2D eigenvalue weighted by Crippen LogP contribution is 2.22. The lowest BCUT2D eigenvalue weighted by atomic mass is 10.0. The van der Waals surface area contributed by atoms with Crippen LogP contribution in [0.5, 0.6) is 0 Å². The van der Waals surface area contributed by atoms with E-state index in [2.05, 4.69) is 5.32 Å². The molecule has 1 aliphatic heterocycles. The molecule has 0 aliphatic carbocycles. The summed E-state index contributed by atoms with van der Waals surface area (Å²) in [6, 6.07) is 9.81. The van der Waals surface area contributed by atoms with Gasteiger partial charge in [-0.2, -0.15) is 0 Å². The third-order valence-corrected chi connectivity index (χ3v) is 3.09. The van der Waals surface area contributed by atoms with Crippen LogP contribution in [0.3, 0.4) is 0 Å². The minimum atomic E-state index is -0.797. The second kappa shape index (κ2) is 5.29. The van der Waals surface area contributed by atoms with Crippen molar-refractivity contribution in [2.45, 2.75) is 18.6 Å². The maximum absolute atomic E-state index is 12.1. The molecule has 1 aromatic carbocycles. The highest BCUT2D eigenvalue weighted by Gasteiger charge is 2.42. The van der Waals surface area contributed by atoms with Gasteiger partial charge in [0.1, 0.15) is 0 Å². The van der Waals surface area contributed by atoms with Crippen LogP contribution >= 0.6 is 0 Å². The highest BCUT2D eigenvalue weighted by atomic mass is 16.6. The van der Waals surface area contributed by atoms with Crippen molar-refractivity contribution in [3.63, 3.8) is 0 Å². The molecule has 1 fully saturated rings. The van der Waals surface area contributed by atoms with Gasteiger partial charge in [-0.25, -0.2) is 0 Å². The van der Waals surface area contributed by atoms with Crippen molar-refractivity contribution < 1.29 is 14.3 Å². The van der Waals surface area contributed by atoms with E-state index in [4.69, 9.17) is 9.47 Å². The van der Waals surface area contributed by atoms with Gasteiger partial charge in [-0.1, -0.05) is 30.3 Å². The summed E-state index contributed by atoms with van der Waals surface area (Å²) in [5.74, 6) is -0.0960. The molecular formula is C13H17NO3. The predicted octanol–water partition coefficient (Wildman–Crippen LogP) is 1.11. The fourth-order valence-electron chi connectivity index (χ4n) is 1.92. The van der Waals surface area contributed by atoms with Crippen molar-refractivity contribution in [2.75, 3.05) is 20.3 Å². The average Bonchev–Trinajstić information content (AvgIpc) is 2.87. The Balaban J connectivity index is 1.93. The van der Waals surface area contributed by atoms with Crippen LogP contribution in [0.15, 0.2) is 30.3 Å². The van der Waals surface area contributed by atoms with Gasteiger partial charge in [0.05, 0.1) is 13.2 Å². The summed E-state index contributed by atoms with van der Waals surface area (Å²) in [7, 11) is 1.55. The van der Waals surface area contributed by atoms with Gasteiger partial charge in [0.25, 0.3) is 5.91 Å². The maximum atomic E-state index is 12.1. The number of benzene rings is 1. The van der Waals surface area contributed by atoms with Gasteiger partial charge in [0.2, 0.25) is 0 Å². The molecule has 92 valence electrons. The second-order valence-corrected chi connectivity index (χ2v) is 4.17. The number of ether oxygens (including phenoxy) is 2. The summed E-state index contributed by atoms with van der Waals surface area (Å²) in [5.41, 5.74) is 0.278. The zero-order valence-corrected chi connectivity index (χ0v) is 9.94. The van der Waals surface area contributed by atoms with Crippen LogP contribution in [-0.2, 0) is 20.8 Å². The Bertz CT molecular complexity index is 372. The van der Waals surface area contributed by atoms with E-state index in [0.29, 0.717) is 26.2 Å². The van der Waals surface area contributed by atoms with E-state index < -0.39 is 5.60 Å². The van der Waals surface area contributed by atoms with E-state index in [1.54, 1.807) is 7.11 Å². The largest absolute Gasteiger partial charge is 0.378 e. The molecule has 0 radical (unpaired) electrons. The number of carbonyl (C=O) groups excluding carboxylic acids is 1. The lowest BCUT2D eigenvalue weighted by Gasteiger charge is -2.24. The Kier molecular flexibility index (Phi) is 3.76. The Morgan fingerprint density at radius 1 is 1.47 bits per heavy atom. The molecular weight excluding hydrogens is 218 g/mol. The SMILES string of the molecule is COC1(C(=O)NCc2ccccc2)CCOC1. The molecule has 1 atom stereocenters. The monoisotopic (exact) mass is 235 g/mol. The van der Waals surface area contributed by atoms with Gasteiger partial charge < -0.3 is 14.8 Å². The topological polar surface area (TPSA) is 47.6 Å². The van der Waals surface area contributed by atoms with Crippen molar-refractivity contribution in [3.05, 3.63) is 35.9 Å². The lowest BCUT2D eigenvalue weighted by Crippen LogP contribution is -2.48. The summed E-state index contributed by atoms with van der Waals surface area (Å²) in [4.78, 5) is 12.1. The molecule has 0 saturated carbocycles. The minimum Gasteiger partial charge on any atom is -0.378 e. The Morgan fingerprint density at radius 2 is 2.24 bits per heavy atom. The summed E-state index contributed by atoms with van der Waals surface area (Å²) in [6.07, 6.45) is 0.615. The molecule has 2 rings (SSSR count). The number of nitrogens with one attached hydrogen (secondary N) is 1. The number of methoxy groups -OCH3 is 1. The normalized spacial score (nSPS) is 23.6. The molecule has 1 aliphatic rings. The molecule has 1 unspecified atom stereocenters. The Morgan fingerprint density at radius 3 is 2.82 bits per heavy atom. The summed E-state index contributed by atoms with van der Waals surface area (Å²) < 4.78 is 10.6. The van der Waals surface area contributed by atoms with Gasteiger partial charge in [0.15, 0.2) is 5.60 Å². The van der Waals surface area contributed by atoms with Crippen LogP contribution in [0.25, 0.3) is 0 Å². The first-order valence-corrected chi connectivity index (χ1v) is 5.72. The second-order valence-electron chi connectivity index (χ2n) is 4.17. The first-order chi connectivity index (χ1) is 8.27. The number of amides is 1. The average molecular weight is 235 g/mol. The van der Waals surface area contributed by atoms with Crippen LogP contribution in [0.2, 0.25) is 0 Å². The van der Waals surface area contributed by atoms with E-state index in [1.807, 2.05) is 30.3 Å². The van der Waals surface area contributed by atoms with Gasteiger partial charge in [-0.3, -0.25) is 4.79 Å². The summed E-state index contributed by atoms with van der Waals surface area (Å²) in [5, 5.41) is 2.89. The minimum absolute atomic E-state index is 0.0960. The van der Waals surface area contributed by atoms with E-state index in [9.17, 15) is 4.79 Å². The van der Waals surface area contributed by atoms with Gasteiger partial charge in [0, 0.05) is 20.1 Å². The van der Waals surface area contributed by atoms with E-state index >= 15 is 0 Å². The van der Waals surface area contributed by atoms with Crippen molar-refractivity contribution >= 4 is 5.91 Å². The fraction of sp³-hybridized carbons (Fsp3) is 0.462. The molecule has 1 aromatic rings. The molecule has 0 spiro atoms. The highest BCUT2D eigenvalue weighted by molar-refractivity contribution is 5.85. The zero-order valence-electron chi connectivity index (χ0n) is 9.94. The van der Waals surface area contributed by atoms with Gasteiger partial charge in [-0.05, 0) is 5.56 Å². The predicted molar refractivity (Wildman–Crippen MR) is 63.5 cm³/mol. The standard InChI is InChI=1S/C13H17NO3/c1-16-13(7-8-17-10-13)12(15)14-9-11-5-3-2-4-6-11/h2-6H,7-10H2,1H3,(H,14,15). The maximum Gasteiger partial charge on any atom is 0.255 e. The van der Waals surface area contributed by atoms with E-state index in [-0.39, 0.29) is 5.91 Å². The zero-order chi connectivity index (χ0) is 12.1. The quantitative estimate of drug-likeness (QED) is 0.850. The fourth-order valence-corrected chi connectivity index (χ4v) is 1.92. The van der Waals surface area contributed by atoms with Gasteiger partial charge >= 0.3 is 0 Å². The number of hydrogen-bond acceptors (Lipinski definition) is 3. The summed E-state index contributed by atoms with van der Waals surface area (Å²) in [6.45, 7) is 1.43. The first-order valence-electron chi connectivity index (χ1n) is 5.72. The third-order valence-electron chi connectivity index (χ3n) is 3.09. The van der Waals surface area contributed by atoms with Crippen LogP contribution in [0.4, 0.5) is 0 Å². The molecule has 1 N–H and O–H groups in total. The third kappa shape index (κ3) is 2.65. The number of carbonyl (C=O) groups is 1. The molecule has 1 saturated heterocycles. The van der Waals surface area contributed by atoms with Crippen LogP contribution in [0, 0.1) is 0 Å². The van der Waals surface area contributed by atoms with E-state index in [1.165, 1.54) is 0 Å². The molecule has 17 heavy (non-hydrogen) atoms. The number of rotatable bonds is 4. The molecule has 1 amide bonds. The molecule has 0 aromatic heterocycles. The lowest BCUT2D eigenvalue weighted by molar-refractivity contribution is -0.143. The molecule has 1 heterocycles. The molecule has 4 nitrogen and oxygen atoms in total. The molecule has 0 bridgehead atoms. The van der Waals surface area contributed by atoms with Crippen molar-refractivity contribution in [2.24, 2.45) is 0 Å². The molecule has 4 heteroatoms. The Hall–Kier alpha value is -1.39. The first kappa shape index (κ1) is 12.1. The van der Waals surface area contributed by atoms with Crippen LogP contribution in [-0.4, -0.2) is 31.8 Å². The van der Waals surface area contributed by atoms with E-state index in [0.717, 1.165) is 5.56 Å². The van der Waals surface area contributed by atoms with Crippen molar-refractivity contribution in [1.82, 2.24) is 5.32 Å². The van der Waals surface area contributed by atoms with Crippen molar-refractivity contribution in [3.8, 4) is 0 Å². The van der Waals surface area contributed by atoms with Gasteiger partial charge in [-0.15, -0.1) is 0 Å². The van der Waals surface area contributed by atoms with Crippen LogP contribution < -0.4 is 5.32 Å². The summed E-state index contributed by atoms with van der Waals surface area (Å²) >= 11 is 0. The number of hydrogen-bond donors (Lipinski definition) is 1.